The Bertz CT molecular complexity index is 2420. The normalized spacial score (nSPS) is 20.8. The molecule has 476 valence electrons. The van der Waals surface area contributed by atoms with Gasteiger partial charge in [-0.3, -0.25) is 4.79 Å². The molecule has 3 aromatic carbocycles. The summed E-state index contributed by atoms with van der Waals surface area (Å²) in [6, 6.07) is 31.8. The molecule has 0 N–H and O–H groups in total. The smallest absolute Gasteiger partial charge is 0.261 e. The zero-order chi connectivity index (χ0) is 63.6. The Kier molecular flexibility index (Phi) is 26.2. The van der Waals surface area contributed by atoms with Crippen LogP contribution in [-0.4, -0.2) is 110 Å². The molecule has 1 heterocycles. The van der Waals surface area contributed by atoms with E-state index in [1.54, 1.807) is 7.11 Å². The van der Waals surface area contributed by atoms with Crippen LogP contribution in [0.2, 0.25) is 77.6 Å². The number of ether oxygens (including phenoxy) is 3. The molecule has 0 aliphatic carbocycles. The van der Waals surface area contributed by atoms with Crippen molar-refractivity contribution in [2.24, 2.45) is 11.8 Å². The molecule has 0 unspecified atom stereocenters. The minimum Gasteiger partial charge on any atom is -0.414 e. The molecule has 1 aliphatic heterocycles. The van der Waals surface area contributed by atoms with Crippen molar-refractivity contribution in [1.29, 1.82) is 0 Å². The summed E-state index contributed by atoms with van der Waals surface area (Å²) >= 11 is 0. The molecular formula is C69H120O10Si5. The lowest BCUT2D eigenvalue weighted by atomic mass is 9.83. The highest BCUT2D eigenvalue weighted by Gasteiger charge is 2.55. The summed E-state index contributed by atoms with van der Waals surface area (Å²) in [6.07, 6.45) is 2.85. The van der Waals surface area contributed by atoms with E-state index < -0.39 is 65.5 Å². The molecule has 0 spiro atoms. The van der Waals surface area contributed by atoms with Crippen LogP contribution in [0.15, 0.2) is 91.0 Å². The number of carbonyl (C=O) groups is 2. The summed E-state index contributed by atoms with van der Waals surface area (Å²) in [5.41, 5.74) is 1.08. The Hall–Kier alpha value is -2.24. The average Bonchev–Trinajstić information content (AvgIpc) is 1.92. The van der Waals surface area contributed by atoms with Gasteiger partial charge in [-0.15, -0.1) is 0 Å². The van der Waals surface area contributed by atoms with Crippen LogP contribution in [0.5, 0.6) is 0 Å². The SMILES string of the molecule is CC[C@H](CO[Si](c1ccccc1)(c1ccccc1)C(C)(C)C)[C@@H](CC(=O)CCC[C@@H](C[C@]1(OC)C[C@H](O[Si](C)(C)C(C)(C)C)[C@@H](C=O)[C@H](C[C@H](COCc2ccccc2)O[Si](C)(C)C(C)(C)C)O1)O[Si](C)(C)C(C)(C)C)O[Si](C)(C)C(C)(C)C. The van der Waals surface area contributed by atoms with Gasteiger partial charge in [0.15, 0.2) is 39.1 Å². The first-order valence-corrected chi connectivity index (χ1v) is 45.3. The van der Waals surface area contributed by atoms with Crippen molar-refractivity contribution in [1.82, 2.24) is 0 Å². The molecule has 0 saturated carbocycles. The van der Waals surface area contributed by atoms with Crippen molar-refractivity contribution in [3.63, 3.8) is 0 Å². The first-order chi connectivity index (χ1) is 38.5. The number of hydrogen-bond acceptors (Lipinski definition) is 10. The number of Topliss-reactive ketones (excluding diaryl/α,β-unsaturated/α-hetero) is 1. The third-order valence-corrected chi connectivity index (χ3v) is 43.2. The molecule has 0 amide bonds. The van der Waals surface area contributed by atoms with E-state index in [0.29, 0.717) is 64.8 Å². The van der Waals surface area contributed by atoms with Crippen LogP contribution in [-0.2, 0) is 52.5 Å². The standard InChI is InChI=1S/C69H120O10Si5/c1-26-54(51-74-84(68(14,15)16,58-41-32-28-33-42-58)59-43-34-29-35-44-59)61(78-82(22,23)66(8,9)10)45-55(71)39-36-40-56(76-80(18,19)64(2,3)4)47-69(72-17)48-63(79-83(24,25)67(11,12)13)60(49-70)62(75-69)46-57(77-81(20,21)65(5,6)7)52-73-50-53-37-30-27-31-38-53/h27-35,37-38,41-44,49,54,56-57,60-63H,26,36,39-40,45-48,50-52H2,1-25H3/t54-,56+,57-,60+,61-,62+,63+,69-/m1/s1. The van der Waals surface area contributed by atoms with Crippen molar-refractivity contribution in [2.75, 3.05) is 20.3 Å². The maximum atomic E-state index is 14.9. The van der Waals surface area contributed by atoms with Crippen molar-refractivity contribution < 1.29 is 45.9 Å². The van der Waals surface area contributed by atoms with Crippen LogP contribution in [0.1, 0.15) is 168 Å². The zero-order valence-electron chi connectivity index (χ0n) is 57.6. The first kappa shape index (κ1) is 74.2. The molecule has 0 bridgehead atoms. The first-order valence-electron chi connectivity index (χ1n) is 31.8. The quantitative estimate of drug-likeness (QED) is 0.0456. The summed E-state index contributed by atoms with van der Waals surface area (Å²) in [5, 5.41) is 1.93. The molecule has 1 aliphatic rings. The second-order valence-corrected chi connectivity index (χ2v) is 55.1. The molecule has 1 fully saturated rings. The number of methoxy groups -OCH3 is 1. The van der Waals surface area contributed by atoms with Crippen LogP contribution in [0.25, 0.3) is 0 Å². The summed E-state index contributed by atoms with van der Waals surface area (Å²) in [4.78, 5) is 28.6. The molecular weight excluding hydrogens is 1130 g/mol. The monoisotopic (exact) mass is 1250 g/mol. The highest BCUT2D eigenvalue weighted by Crippen LogP contribution is 2.48. The Balaban J connectivity index is 1.74. The summed E-state index contributed by atoms with van der Waals surface area (Å²) in [7, 11) is -10.7. The van der Waals surface area contributed by atoms with Crippen LogP contribution in [0, 0.1) is 11.8 Å². The van der Waals surface area contributed by atoms with Crippen molar-refractivity contribution in [2.45, 2.75) is 283 Å². The summed E-state index contributed by atoms with van der Waals surface area (Å²) in [5.74, 6) is -1.59. The molecule has 84 heavy (non-hydrogen) atoms. The second-order valence-electron chi connectivity index (χ2n) is 31.7. The fraction of sp³-hybridized carbons (Fsp3) is 0.710. The lowest BCUT2D eigenvalue weighted by Gasteiger charge is -2.51. The number of aldehydes is 1. The van der Waals surface area contributed by atoms with E-state index in [2.05, 4.69) is 236 Å². The van der Waals surface area contributed by atoms with Gasteiger partial charge in [0, 0.05) is 51.7 Å². The molecule has 4 rings (SSSR count). The highest BCUT2D eigenvalue weighted by atomic mass is 28.4. The van der Waals surface area contributed by atoms with E-state index >= 15 is 0 Å². The van der Waals surface area contributed by atoms with E-state index in [-0.39, 0.29) is 55.2 Å². The molecule has 10 nitrogen and oxygen atoms in total. The van der Waals surface area contributed by atoms with E-state index in [4.69, 9.17) is 36.3 Å². The van der Waals surface area contributed by atoms with Gasteiger partial charge in [-0.1, -0.05) is 202 Å². The van der Waals surface area contributed by atoms with E-state index in [1.807, 2.05) is 18.2 Å². The number of benzene rings is 3. The van der Waals surface area contributed by atoms with Crippen molar-refractivity contribution in [3.8, 4) is 0 Å². The maximum absolute atomic E-state index is 14.9. The third-order valence-electron chi connectivity index (χ3n) is 20.1. The second kappa shape index (κ2) is 29.6. The number of rotatable bonds is 31. The molecule has 1 saturated heterocycles. The van der Waals surface area contributed by atoms with Gasteiger partial charge in [0.1, 0.15) is 12.1 Å². The maximum Gasteiger partial charge on any atom is 0.261 e. The molecule has 8 atom stereocenters. The Labute approximate surface area is 518 Å². The molecule has 3 aromatic rings. The van der Waals surface area contributed by atoms with Crippen molar-refractivity contribution in [3.05, 3.63) is 96.6 Å². The predicted molar refractivity (Wildman–Crippen MR) is 363 cm³/mol. The van der Waals surface area contributed by atoms with Gasteiger partial charge in [-0.05, 0) is 113 Å². The number of hydrogen-bond donors (Lipinski definition) is 0. The topological polar surface area (TPSA) is 108 Å². The molecule has 0 radical (unpaired) electrons. The van der Waals surface area contributed by atoms with Crippen LogP contribution in [0.3, 0.4) is 0 Å². The van der Waals surface area contributed by atoms with Crippen LogP contribution in [0.4, 0.5) is 0 Å². The number of carbonyl (C=O) groups excluding carboxylic acids is 2. The van der Waals surface area contributed by atoms with E-state index in [1.165, 1.54) is 10.4 Å². The van der Waals surface area contributed by atoms with Crippen molar-refractivity contribution >= 4 is 64.0 Å². The van der Waals surface area contributed by atoms with Gasteiger partial charge >= 0.3 is 0 Å². The minimum atomic E-state index is -2.88. The molecule has 15 heteroatoms. The predicted octanol–water partition coefficient (Wildman–Crippen LogP) is 17.2. The van der Waals surface area contributed by atoms with Gasteiger partial charge < -0.3 is 41.1 Å². The van der Waals surface area contributed by atoms with Gasteiger partial charge in [0.2, 0.25) is 0 Å². The van der Waals surface area contributed by atoms with Gasteiger partial charge in [0.25, 0.3) is 8.32 Å². The summed E-state index contributed by atoms with van der Waals surface area (Å²) in [6.45, 7) is 55.7. The van der Waals surface area contributed by atoms with Gasteiger partial charge in [0.05, 0.1) is 49.7 Å². The summed E-state index contributed by atoms with van der Waals surface area (Å²) < 4.78 is 57.7. The van der Waals surface area contributed by atoms with E-state index in [9.17, 15) is 9.59 Å². The third kappa shape index (κ3) is 19.6. The lowest BCUT2D eigenvalue weighted by molar-refractivity contribution is -0.306. The van der Waals surface area contributed by atoms with Gasteiger partial charge in [-0.2, -0.15) is 0 Å². The van der Waals surface area contributed by atoms with Crippen LogP contribution < -0.4 is 10.4 Å². The largest absolute Gasteiger partial charge is 0.414 e. The lowest BCUT2D eigenvalue weighted by Crippen LogP contribution is -2.67. The zero-order valence-corrected chi connectivity index (χ0v) is 62.6. The van der Waals surface area contributed by atoms with Crippen LogP contribution >= 0.6 is 0 Å². The van der Waals surface area contributed by atoms with Gasteiger partial charge in [-0.25, -0.2) is 0 Å². The molecule has 0 aromatic heterocycles. The fourth-order valence-corrected chi connectivity index (χ4v) is 20.8. The number of ketones is 1. The highest BCUT2D eigenvalue weighted by molar-refractivity contribution is 6.99. The fourth-order valence-electron chi connectivity index (χ4n) is 10.7. The Morgan fingerprint density at radius 2 is 1.10 bits per heavy atom. The average molecular weight is 1250 g/mol. The Morgan fingerprint density at radius 3 is 1.54 bits per heavy atom. The minimum absolute atomic E-state index is 0.0173. The Morgan fingerprint density at radius 1 is 0.631 bits per heavy atom. The van der Waals surface area contributed by atoms with E-state index in [0.717, 1.165) is 18.3 Å².